The number of carbonyl (C=O) groups excluding carboxylic acids is 1. The third kappa shape index (κ3) is 4.35. The Balaban J connectivity index is 1.36. The molecule has 0 radical (unpaired) electrons. The first-order chi connectivity index (χ1) is 15.8. The minimum Gasteiger partial charge on any atom is -0.493 e. The topological polar surface area (TPSA) is 50.8 Å². The van der Waals surface area contributed by atoms with Crippen molar-refractivity contribution >= 4 is 6.09 Å². The van der Waals surface area contributed by atoms with Crippen LogP contribution in [-0.4, -0.2) is 43.3 Å². The van der Waals surface area contributed by atoms with Gasteiger partial charge in [-0.05, 0) is 86.4 Å². The standard InChI is InChI=1S/C28H36N2O3/c1-5-32-24-9-6-18(2)14-23(24)20-7-8-22-21(15-20)16-28(3,4)26(22)29-27(31)33-25-17-30-12-10-19(25)11-13-30/h6-9,14-15,19,25-26H,5,10-13,16-17H2,1-4H3,(H,29,31)/t25-,26?/m0/s1. The van der Waals surface area contributed by atoms with Gasteiger partial charge >= 0.3 is 6.09 Å². The number of hydrogen-bond acceptors (Lipinski definition) is 4. The summed E-state index contributed by atoms with van der Waals surface area (Å²) in [5, 5.41) is 3.23. The van der Waals surface area contributed by atoms with Crippen molar-refractivity contribution in [2.45, 2.75) is 59.1 Å². The monoisotopic (exact) mass is 448 g/mol. The van der Waals surface area contributed by atoms with Crippen LogP contribution in [0.5, 0.6) is 5.75 Å². The molecule has 4 aliphatic rings. The maximum absolute atomic E-state index is 12.9. The van der Waals surface area contributed by atoms with E-state index in [1.54, 1.807) is 0 Å². The molecule has 5 nitrogen and oxygen atoms in total. The number of rotatable bonds is 5. The quantitative estimate of drug-likeness (QED) is 0.656. The number of aryl methyl sites for hydroxylation is 1. The molecule has 3 fully saturated rings. The Labute approximate surface area is 197 Å². The Kier molecular flexibility index (Phi) is 5.86. The van der Waals surface area contributed by atoms with E-state index in [1.165, 1.54) is 16.7 Å². The molecule has 1 N–H and O–H groups in total. The van der Waals surface area contributed by atoms with E-state index in [0.717, 1.165) is 55.8 Å². The molecule has 2 aromatic rings. The number of benzene rings is 2. The molecular formula is C28H36N2O3. The molecule has 3 saturated heterocycles. The molecule has 1 aliphatic carbocycles. The molecule has 1 unspecified atom stereocenters. The number of nitrogens with one attached hydrogen (secondary N) is 1. The zero-order valence-electron chi connectivity index (χ0n) is 20.3. The van der Waals surface area contributed by atoms with Crippen LogP contribution in [0.2, 0.25) is 0 Å². The SMILES string of the molecule is CCOc1ccc(C)cc1-c1ccc2c(c1)CC(C)(C)C2NC(=O)O[C@H]1CN2CCC1CC2. The Hall–Kier alpha value is -2.53. The molecule has 0 saturated carbocycles. The van der Waals surface area contributed by atoms with E-state index >= 15 is 0 Å². The highest BCUT2D eigenvalue weighted by Gasteiger charge is 2.42. The lowest BCUT2D eigenvalue weighted by Gasteiger charge is -2.44. The van der Waals surface area contributed by atoms with E-state index in [9.17, 15) is 4.79 Å². The third-order valence-electron chi connectivity index (χ3n) is 7.74. The molecule has 2 atom stereocenters. The van der Waals surface area contributed by atoms with Gasteiger partial charge in [0.15, 0.2) is 0 Å². The van der Waals surface area contributed by atoms with Gasteiger partial charge in [-0.15, -0.1) is 0 Å². The van der Waals surface area contributed by atoms with Crippen molar-refractivity contribution in [3.63, 3.8) is 0 Å². The predicted octanol–water partition coefficient (Wildman–Crippen LogP) is 5.50. The molecule has 1 amide bonds. The van der Waals surface area contributed by atoms with Crippen molar-refractivity contribution in [1.82, 2.24) is 10.2 Å². The van der Waals surface area contributed by atoms with Crippen LogP contribution in [0.1, 0.15) is 56.3 Å². The van der Waals surface area contributed by atoms with E-state index in [1.807, 2.05) is 6.92 Å². The van der Waals surface area contributed by atoms with Crippen molar-refractivity contribution in [3.05, 3.63) is 53.1 Å². The summed E-state index contributed by atoms with van der Waals surface area (Å²) in [5.41, 5.74) is 5.90. The maximum atomic E-state index is 12.9. The first-order valence-corrected chi connectivity index (χ1v) is 12.4. The van der Waals surface area contributed by atoms with Gasteiger partial charge in [0.2, 0.25) is 0 Å². The second kappa shape index (κ2) is 8.68. The summed E-state index contributed by atoms with van der Waals surface area (Å²) in [6.07, 6.45) is 2.94. The number of alkyl carbamates (subject to hydrolysis) is 1. The second-order valence-corrected chi connectivity index (χ2v) is 10.7. The van der Waals surface area contributed by atoms with Crippen LogP contribution >= 0.6 is 0 Å². The molecular weight excluding hydrogens is 412 g/mol. The highest BCUT2D eigenvalue weighted by atomic mass is 16.6. The summed E-state index contributed by atoms with van der Waals surface area (Å²) in [7, 11) is 0. The van der Waals surface area contributed by atoms with Gasteiger partial charge in [0.1, 0.15) is 11.9 Å². The summed E-state index contributed by atoms with van der Waals surface area (Å²) in [5.74, 6) is 1.43. The molecule has 6 rings (SSSR count). The number of fused-ring (bicyclic) bond motifs is 4. The van der Waals surface area contributed by atoms with Gasteiger partial charge in [0.25, 0.3) is 0 Å². The van der Waals surface area contributed by atoms with Crippen LogP contribution < -0.4 is 10.1 Å². The Bertz CT molecular complexity index is 1040. The van der Waals surface area contributed by atoms with Crippen molar-refractivity contribution in [1.29, 1.82) is 0 Å². The second-order valence-electron chi connectivity index (χ2n) is 10.7. The summed E-state index contributed by atoms with van der Waals surface area (Å²) >= 11 is 0. The smallest absolute Gasteiger partial charge is 0.407 e. The Morgan fingerprint density at radius 3 is 2.64 bits per heavy atom. The van der Waals surface area contributed by atoms with Crippen LogP contribution in [0, 0.1) is 18.3 Å². The van der Waals surface area contributed by atoms with E-state index in [4.69, 9.17) is 9.47 Å². The third-order valence-corrected chi connectivity index (χ3v) is 7.74. The van der Waals surface area contributed by atoms with Gasteiger partial charge in [0.05, 0.1) is 12.6 Å². The van der Waals surface area contributed by atoms with Gasteiger partial charge in [-0.3, -0.25) is 4.90 Å². The Morgan fingerprint density at radius 1 is 1.15 bits per heavy atom. The zero-order chi connectivity index (χ0) is 23.2. The van der Waals surface area contributed by atoms with Crippen molar-refractivity contribution in [2.24, 2.45) is 11.3 Å². The molecule has 0 spiro atoms. The van der Waals surface area contributed by atoms with E-state index in [-0.39, 0.29) is 23.7 Å². The van der Waals surface area contributed by atoms with Gasteiger partial charge in [-0.1, -0.05) is 43.7 Å². The molecule has 2 bridgehead atoms. The zero-order valence-corrected chi connectivity index (χ0v) is 20.3. The van der Waals surface area contributed by atoms with Crippen LogP contribution in [-0.2, 0) is 11.2 Å². The van der Waals surface area contributed by atoms with Crippen molar-refractivity contribution in [2.75, 3.05) is 26.2 Å². The van der Waals surface area contributed by atoms with Crippen LogP contribution in [0.25, 0.3) is 11.1 Å². The fourth-order valence-corrected chi connectivity index (χ4v) is 5.98. The summed E-state index contributed by atoms with van der Waals surface area (Å²) < 4.78 is 11.8. The van der Waals surface area contributed by atoms with E-state index in [0.29, 0.717) is 12.5 Å². The fraction of sp³-hybridized carbons (Fsp3) is 0.536. The Morgan fingerprint density at radius 2 is 1.94 bits per heavy atom. The number of hydrogen-bond donors (Lipinski definition) is 1. The van der Waals surface area contributed by atoms with E-state index < -0.39 is 0 Å². The highest BCUT2D eigenvalue weighted by molar-refractivity contribution is 5.73. The number of carbonyl (C=O) groups is 1. The lowest BCUT2D eigenvalue weighted by atomic mass is 9.85. The van der Waals surface area contributed by atoms with E-state index in [2.05, 4.69) is 67.4 Å². The summed E-state index contributed by atoms with van der Waals surface area (Å²) in [4.78, 5) is 15.3. The van der Waals surface area contributed by atoms with Crippen molar-refractivity contribution in [3.8, 4) is 16.9 Å². The van der Waals surface area contributed by atoms with Crippen molar-refractivity contribution < 1.29 is 14.3 Å². The minimum atomic E-state index is -0.277. The number of amides is 1. The fourth-order valence-electron chi connectivity index (χ4n) is 5.98. The summed E-state index contributed by atoms with van der Waals surface area (Å²) in [6.45, 7) is 12.4. The number of nitrogens with zero attached hydrogens (tertiary/aromatic N) is 1. The average Bonchev–Trinajstić information content (AvgIpc) is 3.04. The number of ether oxygens (including phenoxy) is 2. The molecule has 2 aromatic carbocycles. The normalized spacial score (nSPS) is 27.2. The minimum absolute atomic E-state index is 0.0252. The molecule has 176 valence electrons. The highest BCUT2D eigenvalue weighted by Crippen LogP contribution is 2.47. The van der Waals surface area contributed by atoms with Gasteiger partial charge < -0.3 is 14.8 Å². The first kappa shape index (κ1) is 22.3. The van der Waals surface area contributed by atoms with Crippen LogP contribution in [0.15, 0.2) is 36.4 Å². The number of piperidine rings is 3. The predicted molar refractivity (Wildman–Crippen MR) is 131 cm³/mol. The molecule has 0 aromatic heterocycles. The van der Waals surface area contributed by atoms with Gasteiger partial charge in [-0.2, -0.15) is 0 Å². The molecule has 3 aliphatic heterocycles. The molecule has 5 heteroatoms. The lowest BCUT2D eigenvalue weighted by Crippen LogP contribution is -2.53. The summed E-state index contributed by atoms with van der Waals surface area (Å²) in [6, 6.07) is 12.9. The average molecular weight is 449 g/mol. The van der Waals surface area contributed by atoms with Gasteiger partial charge in [0, 0.05) is 12.1 Å². The molecule has 33 heavy (non-hydrogen) atoms. The van der Waals surface area contributed by atoms with Crippen LogP contribution in [0.4, 0.5) is 4.79 Å². The maximum Gasteiger partial charge on any atom is 0.407 e. The molecule has 3 heterocycles. The van der Waals surface area contributed by atoms with Crippen LogP contribution in [0.3, 0.4) is 0 Å². The van der Waals surface area contributed by atoms with Gasteiger partial charge in [-0.25, -0.2) is 4.79 Å². The largest absolute Gasteiger partial charge is 0.493 e. The first-order valence-electron chi connectivity index (χ1n) is 12.4. The lowest BCUT2D eigenvalue weighted by molar-refractivity contribution is -0.0348.